The highest BCUT2D eigenvalue weighted by molar-refractivity contribution is 5.94. The Balaban J connectivity index is 2.11. The highest BCUT2D eigenvalue weighted by Gasteiger charge is 2.10. The SMILES string of the molecule is O=C(N/N=C/c1cc([N+](=O)[O-])ccc1O)c1ccc[n+]([O-])c1. The summed E-state index contributed by atoms with van der Waals surface area (Å²) in [6.45, 7) is 0. The third-order valence-electron chi connectivity index (χ3n) is 2.63. The molecular formula is C13H10N4O5. The van der Waals surface area contributed by atoms with Gasteiger partial charge in [0.1, 0.15) is 11.3 Å². The number of rotatable bonds is 4. The standard InChI is InChI=1S/C13H10N4O5/c18-12-4-3-11(17(21)22)6-10(12)7-14-15-13(19)9-2-1-5-16(20)8-9/h1-8,18H,(H,15,19)/b14-7+. The van der Waals surface area contributed by atoms with Crippen LogP contribution in [-0.2, 0) is 0 Å². The molecule has 0 spiro atoms. The van der Waals surface area contributed by atoms with Crippen molar-refractivity contribution in [1.29, 1.82) is 0 Å². The van der Waals surface area contributed by atoms with Crippen LogP contribution in [0.3, 0.4) is 0 Å². The number of phenols is 1. The van der Waals surface area contributed by atoms with Gasteiger partial charge in [-0.1, -0.05) is 0 Å². The number of nitrogens with zero attached hydrogens (tertiary/aromatic N) is 3. The van der Waals surface area contributed by atoms with Gasteiger partial charge in [0.05, 0.1) is 11.1 Å². The van der Waals surface area contributed by atoms with E-state index >= 15 is 0 Å². The second-order valence-corrected chi connectivity index (χ2v) is 4.15. The monoisotopic (exact) mass is 302 g/mol. The van der Waals surface area contributed by atoms with Gasteiger partial charge in [-0.05, 0) is 12.1 Å². The number of carbonyl (C=O) groups excluding carboxylic acids is 1. The van der Waals surface area contributed by atoms with Gasteiger partial charge in [-0.15, -0.1) is 0 Å². The fourth-order valence-corrected chi connectivity index (χ4v) is 1.57. The summed E-state index contributed by atoms with van der Waals surface area (Å²) in [6, 6.07) is 6.22. The van der Waals surface area contributed by atoms with Gasteiger partial charge < -0.3 is 10.3 Å². The van der Waals surface area contributed by atoms with Gasteiger partial charge in [-0.2, -0.15) is 9.83 Å². The molecule has 2 N–H and O–H groups in total. The number of pyridine rings is 1. The van der Waals surface area contributed by atoms with Gasteiger partial charge in [-0.25, -0.2) is 5.43 Å². The Morgan fingerprint density at radius 2 is 2.18 bits per heavy atom. The quantitative estimate of drug-likeness (QED) is 0.282. The first kappa shape index (κ1) is 14.9. The van der Waals surface area contributed by atoms with Crippen LogP contribution in [0.2, 0.25) is 0 Å². The van der Waals surface area contributed by atoms with Crippen LogP contribution >= 0.6 is 0 Å². The molecule has 2 aromatic rings. The number of nitrogens with one attached hydrogen (secondary N) is 1. The molecule has 1 aromatic carbocycles. The molecule has 112 valence electrons. The lowest BCUT2D eigenvalue weighted by Crippen LogP contribution is -2.28. The van der Waals surface area contributed by atoms with Crippen LogP contribution < -0.4 is 10.2 Å². The van der Waals surface area contributed by atoms with Gasteiger partial charge in [0.15, 0.2) is 12.4 Å². The van der Waals surface area contributed by atoms with Crippen LogP contribution in [0.1, 0.15) is 15.9 Å². The molecule has 0 aliphatic heterocycles. The van der Waals surface area contributed by atoms with E-state index in [2.05, 4.69) is 10.5 Å². The van der Waals surface area contributed by atoms with E-state index in [1.165, 1.54) is 18.3 Å². The maximum atomic E-state index is 11.7. The minimum absolute atomic E-state index is 0.0708. The molecule has 1 aromatic heterocycles. The molecule has 2 rings (SSSR count). The predicted octanol–water partition coefficient (Wildman–Crippen LogP) is 0.698. The molecule has 0 atom stereocenters. The lowest BCUT2D eigenvalue weighted by atomic mass is 10.2. The highest BCUT2D eigenvalue weighted by Crippen LogP contribution is 2.21. The molecule has 1 amide bonds. The fourth-order valence-electron chi connectivity index (χ4n) is 1.57. The third-order valence-corrected chi connectivity index (χ3v) is 2.63. The van der Waals surface area contributed by atoms with Crippen LogP contribution in [0, 0.1) is 15.3 Å². The summed E-state index contributed by atoms with van der Waals surface area (Å²) >= 11 is 0. The van der Waals surface area contributed by atoms with Crippen molar-refractivity contribution < 1.29 is 19.6 Å². The van der Waals surface area contributed by atoms with Crippen LogP contribution in [0.4, 0.5) is 5.69 Å². The Hall–Kier alpha value is -3.49. The second kappa shape index (κ2) is 6.31. The van der Waals surface area contributed by atoms with E-state index < -0.39 is 10.8 Å². The molecule has 22 heavy (non-hydrogen) atoms. The van der Waals surface area contributed by atoms with Crippen molar-refractivity contribution in [2.45, 2.75) is 0 Å². The van der Waals surface area contributed by atoms with E-state index in [9.17, 15) is 25.2 Å². The maximum Gasteiger partial charge on any atom is 0.277 e. The molecule has 9 nitrogen and oxygen atoms in total. The minimum Gasteiger partial charge on any atom is -0.619 e. The van der Waals surface area contributed by atoms with Gasteiger partial charge in [0, 0.05) is 23.8 Å². The largest absolute Gasteiger partial charge is 0.619 e. The van der Waals surface area contributed by atoms with Crippen molar-refractivity contribution in [2.24, 2.45) is 5.10 Å². The molecule has 0 saturated carbocycles. The van der Waals surface area contributed by atoms with Crippen LogP contribution in [0.15, 0.2) is 47.8 Å². The number of phenolic OH excluding ortho intramolecular Hbond substituents is 1. The topological polar surface area (TPSA) is 132 Å². The lowest BCUT2D eigenvalue weighted by Gasteiger charge is -2.01. The van der Waals surface area contributed by atoms with E-state index in [4.69, 9.17) is 0 Å². The summed E-state index contributed by atoms with van der Waals surface area (Å²) in [6.07, 6.45) is 3.35. The van der Waals surface area contributed by atoms with E-state index in [-0.39, 0.29) is 22.6 Å². The van der Waals surface area contributed by atoms with E-state index in [0.29, 0.717) is 4.73 Å². The molecule has 0 saturated heterocycles. The predicted molar refractivity (Wildman–Crippen MR) is 75.2 cm³/mol. The zero-order valence-electron chi connectivity index (χ0n) is 11.0. The highest BCUT2D eigenvalue weighted by atomic mass is 16.6. The summed E-state index contributed by atoms with van der Waals surface area (Å²) in [7, 11) is 0. The van der Waals surface area contributed by atoms with Crippen molar-refractivity contribution in [1.82, 2.24) is 5.43 Å². The number of nitro benzene ring substituents is 1. The van der Waals surface area contributed by atoms with E-state index in [0.717, 1.165) is 30.6 Å². The average Bonchev–Trinajstić information content (AvgIpc) is 2.48. The summed E-state index contributed by atoms with van der Waals surface area (Å²) < 4.78 is 0.463. The Labute approximate surface area is 123 Å². The number of non-ortho nitro benzene ring substituents is 1. The van der Waals surface area contributed by atoms with Crippen molar-refractivity contribution in [2.75, 3.05) is 0 Å². The summed E-state index contributed by atoms with van der Waals surface area (Å²) in [4.78, 5) is 21.7. The maximum absolute atomic E-state index is 11.7. The van der Waals surface area contributed by atoms with Crippen molar-refractivity contribution in [3.05, 3.63) is 69.2 Å². The average molecular weight is 302 g/mol. The molecule has 0 aliphatic rings. The number of hydrogen-bond donors (Lipinski definition) is 2. The van der Waals surface area contributed by atoms with Gasteiger partial charge >= 0.3 is 0 Å². The second-order valence-electron chi connectivity index (χ2n) is 4.15. The zero-order valence-corrected chi connectivity index (χ0v) is 11.0. The minimum atomic E-state index is -0.633. The van der Waals surface area contributed by atoms with Crippen molar-refractivity contribution in [3.8, 4) is 5.75 Å². The summed E-state index contributed by atoms with van der Waals surface area (Å²) in [5.41, 5.74) is 2.09. The molecular weight excluding hydrogens is 292 g/mol. The van der Waals surface area contributed by atoms with Crippen LogP contribution in [-0.4, -0.2) is 22.2 Å². The number of nitro groups is 1. The van der Waals surface area contributed by atoms with Crippen molar-refractivity contribution in [3.63, 3.8) is 0 Å². The molecule has 9 heteroatoms. The van der Waals surface area contributed by atoms with Crippen LogP contribution in [0.25, 0.3) is 0 Å². The first-order valence-electron chi connectivity index (χ1n) is 5.97. The number of carbonyl (C=O) groups is 1. The fraction of sp³-hybridized carbons (Fsp3) is 0. The van der Waals surface area contributed by atoms with Gasteiger partial charge in [0.2, 0.25) is 0 Å². The van der Waals surface area contributed by atoms with Gasteiger partial charge in [0.25, 0.3) is 11.6 Å². The number of hydrazone groups is 1. The first-order chi connectivity index (χ1) is 10.5. The molecule has 0 fully saturated rings. The molecule has 1 heterocycles. The molecule has 0 aliphatic carbocycles. The Morgan fingerprint density at radius 1 is 1.41 bits per heavy atom. The molecule has 0 unspecified atom stereocenters. The first-order valence-corrected chi connectivity index (χ1v) is 5.97. The Morgan fingerprint density at radius 3 is 2.86 bits per heavy atom. The smallest absolute Gasteiger partial charge is 0.277 e. The number of hydrogen-bond acceptors (Lipinski definition) is 6. The van der Waals surface area contributed by atoms with Crippen molar-refractivity contribution >= 4 is 17.8 Å². The van der Waals surface area contributed by atoms with Gasteiger partial charge in [-0.3, -0.25) is 14.9 Å². The molecule has 0 radical (unpaired) electrons. The number of aromatic hydroxyl groups is 1. The Kier molecular flexibility index (Phi) is 4.27. The third kappa shape index (κ3) is 3.54. The van der Waals surface area contributed by atoms with Crippen LogP contribution in [0.5, 0.6) is 5.75 Å². The van der Waals surface area contributed by atoms with E-state index in [1.54, 1.807) is 0 Å². The lowest BCUT2D eigenvalue weighted by molar-refractivity contribution is -0.605. The van der Waals surface area contributed by atoms with E-state index in [1.807, 2.05) is 0 Å². The summed E-state index contributed by atoms with van der Waals surface area (Å²) in [5, 5.41) is 34.8. The number of benzene rings is 1. The number of amides is 1. The zero-order chi connectivity index (χ0) is 16.1. The normalized spacial score (nSPS) is 10.5. The Bertz CT molecular complexity index is 760. The number of aromatic nitrogens is 1. The summed E-state index contributed by atoms with van der Waals surface area (Å²) in [5.74, 6) is -0.855. The molecule has 0 bridgehead atoms.